The zero-order valence-electron chi connectivity index (χ0n) is 15.4. The molecule has 0 saturated heterocycles. The second-order valence-corrected chi connectivity index (χ2v) is 6.35. The van der Waals surface area contributed by atoms with E-state index in [2.05, 4.69) is 36.2 Å². The van der Waals surface area contributed by atoms with Crippen LogP contribution in [0, 0.1) is 0 Å². The van der Waals surface area contributed by atoms with Crippen molar-refractivity contribution in [3.8, 4) is 5.75 Å². The Morgan fingerprint density at radius 1 is 1.08 bits per heavy atom. The topological polar surface area (TPSA) is 41.6 Å². The van der Waals surface area contributed by atoms with Crippen LogP contribution in [0.3, 0.4) is 0 Å². The number of nitrogens with zero attached hydrogens (tertiary/aromatic N) is 1. The van der Waals surface area contributed by atoms with Crippen LogP contribution in [0.4, 0.5) is 0 Å². The predicted octanol–water partition coefficient (Wildman–Crippen LogP) is 3.66. The summed E-state index contributed by atoms with van der Waals surface area (Å²) >= 11 is 0. The van der Waals surface area contributed by atoms with Gasteiger partial charge in [0.25, 0.3) is 5.91 Å². The van der Waals surface area contributed by atoms with Crippen LogP contribution in [-0.2, 0) is 4.79 Å². The fourth-order valence-corrected chi connectivity index (χ4v) is 3.35. The smallest absolute Gasteiger partial charge is 0.250 e. The molecule has 2 aromatic carbocycles. The molecule has 3 rings (SSSR count). The van der Waals surface area contributed by atoms with Crippen molar-refractivity contribution in [2.24, 2.45) is 0 Å². The highest BCUT2D eigenvalue weighted by molar-refractivity contribution is 5.99. The minimum Gasteiger partial charge on any atom is -0.488 e. The van der Waals surface area contributed by atoms with Crippen LogP contribution in [0.1, 0.15) is 31.0 Å². The summed E-state index contributed by atoms with van der Waals surface area (Å²) in [7, 11) is 0. The molecular weight excluding hydrogens is 324 g/mol. The fraction of sp³-hybridized carbons (Fsp3) is 0.318. The molecule has 0 bridgehead atoms. The lowest BCUT2D eigenvalue weighted by Crippen LogP contribution is -2.39. The number of likely N-dealkylation sites (N-methyl/N-ethyl adjacent to an activating group) is 1. The van der Waals surface area contributed by atoms with E-state index >= 15 is 0 Å². The fourth-order valence-electron chi connectivity index (χ4n) is 3.35. The van der Waals surface area contributed by atoms with E-state index in [0.717, 1.165) is 24.4 Å². The summed E-state index contributed by atoms with van der Waals surface area (Å²) < 4.78 is 5.70. The van der Waals surface area contributed by atoms with Crippen molar-refractivity contribution < 1.29 is 9.53 Å². The van der Waals surface area contributed by atoms with Gasteiger partial charge in [0.15, 0.2) is 0 Å². The van der Waals surface area contributed by atoms with E-state index in [-0.39, 0.29) is 11.9 Å². The van der Waals surface area contributed by atoms with Crippen LogP contribution < -0.4 is 10.1 Å². The maximum absolute atomic E-state index is 12.7. The van der Waals surface area contributed by atoms with E-state index in [1.54, 1.807) is 0 Å². The number of hydrogen-bond donors (Lipinski definition) is 1. The van der Waals surface area contributed by atoms with Gasteiger partial charge in [-0.05, 0) is 30.8 Å². The van der Waals surface area contributed by atoms with Crippen LogP contribution in [0.15, 0.2) is 60.2 Å². The van der Waals surface area contributed by atoms with Gasteiger partial charge in [0.2, 0.25) is 0 Å². The van der Waals surface area contributed by atoms with Crippen molar-refractivity contribution in [1.82, 2.24) is 10.2 Å². The molecule has 4 heteroatoms. The molecule has 1 aliphatic heterocycles. The first-order valence-corrected chi connectivity index (χ1v) is 9.22. The van der Waals surface area contributed by atoms with Crippen LogP contribution >= 0.6 is 0 Å². The molecular formula is C22H26N2O2. The molecule has 1 amide bonds. The Bertz CT molecular complexity index is 767. The maximum atomic E-state index is 12.7. The van der Waals surface area contributed by atoms with Gasteiger partial charge in [-0.15, -0.1) is 0 Å². The van der Waals surface area contributed by atoms with E-state index in [9.17, 15) is 4.79 Å². The molecule has 136 valence electrons. The summed E-state index contributed by atoms with van der Waals surface area (Å²) in [5.74, 6) is 0.766. The Labute approximate surface area is 155 Å². The first-order valence-electron chi connectivity index (χ1n) is 9.22. The number of rotatable bonds is 7. The van der Waals surface area contributed by atoms with Gasteiger partial charge >= 0.3 is 0 Å². The Morgan fingerprint density at radius 2 is 1.77 bits per heavy atom. The van der Waals surface area contributed by atoms with Gasteiger partial charge in [-0.25, -0.2) is 0 Å². The summed E-state index contributed by atoms with van der Waals surface area (Å²) in [4.78, 5) is 15.0. The van der Waals surface area contributed by atoms with Gasteiger partial charge in [-0.2, -0.15) is 0 Å². The number of fused-ring (bicyclic) bond motifs is 1. The monoisotopic (exact) mass is 350 g/mol. The van der Waals surface area contributed by atoms with Gasteiger partial charge in [0.05, 0.1) is 11.6 Å². The summed E-state index contributed by atoms with van der Waals surface area (Å²) in [6, 6.07) is 18.3. The lowest BCUT2D eigenvalue weighted by Gasteiger charge is -2.30. The molecule has 1 aliphatic rings. The lowest BCUT2D eigenvalue weighted by molar-refractivity contribution is -0.118. The van der Waals surface area contributed by atoms with Crippen molar-refractivity contribution in [2.45, 2.75) is 19.9 Å². The molecule has 0 aromatic heterocycles. The lowest BCUT2D eigenvalue weighted by atomic mass is 10.0. The molecule has 0 saturated carbocycles. The second kappa shape index (κ2) is 8.68. The van der Waals surface area contributed by atoms with Crippen molar-refractivity contribution >= 4 is 12.0 Å². The molecule has 0 radical (unpaired) electrons. The van der Waals surface area contributed by atoms with E-state index in [4.69, 9.17) is 4.74 Å². The summed E-state index contributed by atoms with van der Waals surface area (Å²) in [6.45, 7) is 7.05. The van der Waals surface area contributed by atoms with Gasteiger partial charge in [0.1, 0.15) is 12.4 Å². The number of carbonyl (C=O) groups is 1. The Balaban J connectivity index is 1.71. The number of nitrogens with one attached hydrogen (secondary N) is 1. The molecule has 0 spiro atoms. The molecule has 1 heterocycles. The van der Waals surface area contributed by atoms with Crippen molar-refractivity contribution in [3.05, 3.63) is 71.3 Å². The zero-order valence-corrected chi connectivity index (χ0v) is 15.4. The number of carbonyl (C=O) groups excluding carboxylic acids is 1. The first kappa shape index (κ1) is 18.2. The van der Waals surface area contributed by atoms with Crippen LogP contribution in [0.5, 0.6) is 5.75 Å². The summed E-state index contributed by atoms with van der Waals surface area (Å²) in [5, 5.41) is 3.10. The third-order valence-corrected chi connectivity index (χ3v) is 4.82. The quantitative estimate of drug-likeness (QED) is 0.828. The van der Waals surface area contributed by atoms with Crippen LogP contribution in [0.2, 0.25) is 0 Å². The van der Waals surface area contributed by atoms with E-state index in [0.29, 0.717) is 18.7 Å². The third-order valence-electron chi connectivity index (χ3n) is 4.82. The van der Waals surface area contributed by atoms with Gasteiger partial charge in [-0.1, -0.05) is 62.4 Å². The number of para-hydroxylation sites is 1. The Hall–Kier alpha value is -2.59. The normalized spacial score (nSPS) is 14.2. The molecule has 1 unspecified atom stereocenters. The number of ether oxygens (including phenoxy) is 1. The molecule has 1 N–H and O–H groups in total. The number of amides is 1. The largest absolute Gasteiger partial charge is 0.488 e. The van der Waals surface area contributed by atoms with E-state index < -0.39 is 0 Å². The maximum Gasteiger partial charge on any atom is 0.250 e. The highest BCUT2D eigenvalue weighted by Crippen LogP contribution is 2.26. The van der Waals surface area contributed by atoms with Crippen LogP contribution in [0.25, 0.3) is 6.08 Å². The van der Waals surface area contributed by atoms with Crippen molar-refractivity contribution in [1.29, 1.82) is 0 Å². The van der Waals surface area contributed by atoms with Gasteiger partial charge in [0, 0.05) is 12.1 Å². The zero-order chi connectivity index (χ0) is 18.4. The number of benzene rings is 2. The van der Waals surface area contributed by atoms with Gasteiger partial charge in [-0.3, -0.25) is 9.69 Å². The van der Waals surface area contributed by atoms with Crippen molar-refractivity contribution in [2.75, 3.05) is 26.2 Å². The minimum absolute atomic E-state index is 0.0624. The second-order valence-electron chi connectivity index (χ2n) is 6.35. The molecule has 26 heavy (non-hydrogen) atoms. The molecule has 0 aliphatic carbocycles. The predicted molar refractivity (Wildman–Crippen MR) is 105 cm³/mol. The van der Waals surface area contributed by atoms with E-state index in [1.807, 2.05) is 48.5 Å². The summed E-state index contributed by atoms with van der Waals surface area (Å²) in [5.41, 5.74) is 2.83. The Kier molecular flexibility index (Phi) is 6.08. The Morgan fingerprint density at radius 3 is 2.50 bits per heavy atom. The standard InChI is InChI=1S/C22H26N2O2/c1-3-24(4-2)20(17-10-6-5-7-11-17)15-23-22(25)19-14-18-12-8-9-13-21(18)26-16-19/h5-14,20H,3-4,15-16H2,1-2H3,(H,23,25). The number of hydrogen-bond acceptors (Lipinski definition) is 3. The average Bonchev–Trinajstić information content (AvgIpc) is 2.71. The highest BCUT2D eigenvalue weighted by Gasteiger charge is 2.21. The highest BCUT2D eigenvalue weighted by atomic mass is 16.5. The van der Waals surface area contributed by atoms with Gasteiger partial charge < -0.3 is 10.1 Å². The minimum atomic E-state index is -0.0624. The third kappa shape index (κ3) is 4.14. The first-order chi connectivity index (χ1) is 12.7. The molecule has 4 nitrogen and oxygen atoms in total. The molecule has 0 fully saturated rings. The molecule has 1 atom stereocenters. The molecule has 2 aromatic rings. The van der Waals surface area contributed by atoms with E-state index in [1.165, 1.54) is 5.56 Å². The average molecular weight is 350 g/mol. The SMILES string of the molecule is CCN(CC)C(CNC(=O)C1=Cc2ccccc2OC1)c1ccccc1. The summed E-state index contributed by atoms with van der Waals surface area (Å²) in [6.07, 6.45) is 1.92. The van der Waals surface area contributed by atoms with Crippen molar-refractivity contribution in [3.63, 3.8) is 0 Å². The van der Waals surface area contributed by atoms with Crippen LogP contribution in [-0.4, -0.2) is 37.0 Å².